The van der Waals surface area contributed by atoms with Gasteiger partial charge in [0.05, 0.1) is 28.0 Å². The Morgan fingerprint density at radius 3 is 2.67 bits per heavy atom. The molecule has 3 aliphatic rings. The van der Waals surface area contributed by atoms with Crippen LogP contribution in [0.2, 0.25) is 5.02 Å². The van der Waals surface area contributed by atoms with Gasteiger partial charge in [-0.05, 0) is 96.2 Å². The lowest BCUT2D eigenvalue weighted by Crippen LogP contribution is -2.36. The van der Waals surface area contributed by atoms with Crippen LogP contribution in [-0.4, -0.2) is 58.9 Å². The highest BCUT2D eigenvalue weighted by Gasteiger charge is 2.49. The van der Waals surface area contributed by atoms with Crippen molar-refractivity contribution in [3.8, 4) is 27.9 Å². The molecular weight excluding hydrogens is 609 g/mol. The quantitative estimate of drug-likeness (QED) is 0.166. The third kappa shape index (κ3) is 5.40. The van der Waals surface area contributed by atoms with Crippen molar-refractivity contribution in [1.82, 2.24) is 39.9 Å². The Bertz CT molecular complexity index is 1900. The van der Waals surface area contributed by atoms with Gasteiger partial charge in [0.2, 0.25) is 11.6 Å². The zero-order chi connectivity index (χ0) is 31.4. The van der Waals surface area contributed by atoms with Crippen LogP contribution in [0.3, 0.4) is 0 Å². The third-order valence-electron chi connectivity index (χ3n) is 9.77. The fourth-order valence-corrected chi connectivity index (χ4v) is 7.17. The zero-order valence-electron chi connectivity index (χ0n) is 24.9. The second kappa shape index (κ2) is 11.6. The fraction of sp³-hybridized carbons (Fsp3) is 0.364. The lowest BCUT2D eigenvalue weighted by molar-refractivity contribution is -0.615. The standard InChI is InChI=1S/C33H31ClFN9O2/c34-27-4-6-29(43-19-37-39-40-43)31(32(27)35)23-3-5-28(44(46)18-23)30(42-17-25(15-38-42)21-7-10-36-11-8-21)14-24-13-26(24)33(45)41-12-9-22(16-41)20-1-2-20/h3-8,10-11,15,17-20,22,24,26,30H,1-2,9,12-14,16H2. The van der Waals surface area contributed by atoms with Gasteiger partial charge in [-0.1, -0.05) is 11.6 Å². The van der Waals surface area contributed by atoms with E-state index in [1.54, 1.807) is 41.5 Å². The third-order valence-corrected chi connectivity index (χ3v) is 10.1. The van der Waals surface area contributed by atoms with E-state index in [1.807, 2.05) is 18.3 Å². The topological polar surface area (TPSA) is 122 Å². The number of likely N-dealkylation sites (tertiary alicyclic amines) is 1. The predicted octanol–water partition coefficient (Wildman–Crippen LogP) is 4.89. The highest BCUT2D eigenvalue weighted by Crippen LogP contribution is 2.48. The first kappa shape index (κ1) is 28.7. The van der Waals surface area contributed by atoms with Gasteiger partial charge in [-0.15, -0.1) is 5.10 Å². The van der Waals surface area contributed by atoms with E-state index in [0.717, 1.165) is 47.7 Å². The molecule has 1 aliphatic heterocycles. The normalized spacial score (nSPS) is 21.4. The van der Waals surface area contributed by atoms with Crippen LogP contribution in [-0.2, 0) is 4.79 Å². The molecule has 2 saturated carbocycles. The number of tetrazole rings is 1. The monoisotopic (exact) mass is 639 g/mol. The molecule has 1 saturated heterocycles. The SMILES string of the molecule is O=C(C1CC1CC(c1ccc(-c2c(-n3cnnn3)ccc(Cl)c2F)c[n+]1[O-])n1cc(-c2ccncc2)cn1)N1CCC(C2CC2)C1. The molecule has 4 aromatic heterocycles. The van der Waals surface area contributed by atoms with E-state index in [1.165, 1.54) is 36.1 Å². The van der Waals surface area contributed by atoms with Crippen LogP contribution in [0.4, 0.5) is 4.39 Å². The van der Waals surface area contributed by atoms with E-state index < -0.39 is 11.9 Å². The number of benzene rings is 1. The molecule has 1 amide bonds. The number of carbonyl (C=O) groups excluding carboxylic acids is 1. The number of amides is 1. The summed E-state index contributed by atoms with van der Waals surface area (Å²) < 4.78 is 19.4. The van der Waals surface area contributed by atoms with Crippen molar-refractivity contribution in [2.45, 2.75) is 38.1 Å². The molecule has 5 heterocycles. The minimum atomic E-state index is -0.682. The largest absolute Gasteiger partial charge is 0.618 e. The summed E-state index contributed by atoms with van der Waals surface area (Å²) in [7, 11) is 0. The Morgan fingerprint density at radius 2 is 1.91 bits per heavy atom. The van der Waals surface area contributed by atoms with Gasteiger partial charge < -0.3 is 10.1 Å². The summed E-state index contributed by atoms with van der Waals surface area (Å²) in [6.07, 6.45) is 14.9. The maximum Gasteiger partial charge on any atom is 0.225 e. The molecular formula is C33H31ClFN9O2. The summed E-state index contributed by atoms with van der Waals surface area (Å²) in [5.41, 5.74) is 3.05. The number of hydrogen-bond donors (Lipinski definition) is 0. The highest BCUT2D eigenvalue weighted by molar-refractivity contribution is 6.31. The summed E-state index contributed by atoms with van der Waals surface area (Å²) in [4.78, 5) is 19.6. The molecule has 11 nitrogen and oxygen atoms in total. The van der Waals surface area contributed by atoms with Crippen molar-refractivity contribution < 1.29 is 13.9 Å². The first-order chi connectivity index (χ1) is 22.4. The minimum Gasteiger partial charge on any atom is -0.618 e. The molecule has 4 unspecified atom stereocenters. The van der Waals surface area contributed by atoms with Crippen molar-refractivity contribution in [3.63, 3.8) is 0 Å². The molecule has 0 bridgehead atoms. The number of halogens is 2. The van der Waals surface area contributed by atoms with Gasteiger partial charge in [0.1, 0.15) is 12.4 Å². The molecule has 0 spiro atoms. The minimum absolute atomic E-state index is 0.0468. The number of aromatic nitrogens is 8. The van der Waals surface area contributed by atoms with Gasteiger partial charge >= 0.3 is 0 Å². The number of rotatable bonds is 9. The molecule has 2 aliphatic carbocycles. The molecule has 3 fully saturated rings. The highest BCUT2D eigenvalue weighted by atomic mass is 35.5. The van der Waals surface area contributed by atoms with Gasteiger partial charge in [-0.2, -0.15) is 14.5 Å². The van der Waals surface area contributed by atoms with Gasteiger partial charge in [-0.25, -0.2) is 4.39 Å². The van der Waals surface area contributed by atoms with Gasteiger partial charge in [0.25, 0.3) is 0 Å². The molecule has 5 aromatic rings. The van der Waals surface area contributed by atoms with Crippen LogP contribution in [0.15, 0.2) is 73.7 Å². The summed E-state index contributed by atoms with van der Waals surface area (Å²) in [5.74, 6) is 1.08. The van der Waals surface area contributed by atoms with Crippen LogP contribution in [0.5, 0.6) is 0 Å². The Kier molecular flexibility index (Phi) is 7.24. The van der Waals surface area contributed by atoms with Gasteiger partial charge in [0.15, 0.2) is 12.0 Å². The van der Waals surface area contributed by atoms with Crippen LogP contribution in [0.1, 0.15) is 43.8 Å². The molecule has 234 valence electrons. The first-order valence-corrected chi connectivity index (χ1v) is 16.0. The van der Waals surface area contributed by atoms with Crippen LogP contribution < -0.4 is 4.73 Å². The Hall–Kier alpha value is -4.71. The van der Waals surface area contributed by atoms with Crippen LogP contribution >= 0.6 is 11.6 Å². The van der Waals surface area contributed by atoms with E-state index in [4.69, 9.17) is 11.6 Å². The molecule has 0 radical (unpaired) electrons. The summed E-state index contributed by atoms with van der Waals surface area (Å²) in [6.45, 7) is 1.72. The average molecular weight is 640 g/mol. The molecule has 46 heavy (non-hydrogen) atoms. The smallest absolute Gasteiger partial charge is 0.225 e. The molecule has 13 heteroatoms. The van der Waals surface area contributed by atoms with E-state index in [9.17, 15) is 10.0 Å². The first-order valence-electron chi connectivity index (χ1n) is 15.6. The van der Waals surface area contributed by atoms with Gasteiger partial charge in [-0.3, -0.25) is 14.5 Å². The maximum atomic E-state index is 15.5. The van der Waals surface area contributed by atoms with E-state index in [-0.39, 0.29) is 28.3 Å². The lowest BCUT2D eigenvalue weighted by atomic mass is 10.0. The number of hydrogen-bond acceptors (Lipinski definition) is 7. The van der Waals surface area contributed by atoms with Crippen molar-refractivity contribution in [1.29, 1.82) is 0 Å². The number of nitrogens with zero attached hydrogens (tertiary/aromatic N) is 9. The van der Waals surface area contributed by atoms with Crippen molar-refractivity contribution in [2.75, 3.05) is 13.1 Å². The summed E-state index contributed by atoms with van der Waals surface area (Å²) in [6, 6.07) is 9.78. The lowest BCUT2D eigenvalue weighted by Gasteiger charge is -2.19. The van der Waals surface area contributed by atoms with Crippen molar-refractivity contribution >= 4 is 17.5 Å². The molecule has 8 rings (SSSR count). The Labute approximate surface area is 269 Å². The molecule has 1 aromatic carbocycles. The molecule has 0 N–H and O–H groups in total. The second-order valence-corrected chi connectivity index (χ2v) is 13.1. The Balaban J connectivity index is 1.11. The average Bonchev–Trinajstić information content (AvgIpc) is 3.83. The van der Waals surface area contributed by atoms with E-state index in [2.05, 4.69) is 30.5 Å². The fourth-order valence-electron chi connectivity index (χ4n) is 7.01. The number of pyridine rings is 2. The van der Waals surface area contributed by atoms with Crippen molar-refractivity contribution in [2.24, 2.45) is 23.7 Å². The number of carbonyl (C=O) groups is 1. The summed E-state index contributed by atoms with van der Waals surface area (Å²) >= 11 is 6.16. The Morgan fingerprint density at radius 1 is 1.07 bits per heavy atom. The van der Waals surface area contributed by atoms with E-state index >= 15 is 4.39 Å². The maximum absolute atomic E-state index is 15.5. The second-order valence-electron chi connectivity index (χ2n) is 12.6. The van der Waals surface area contributed by atoms with Crippen molar-refractivity contribution in [3.05, 3.63) is 95.5 Å². The van der Waals surface area contributed by atoms with Crippen LogP contribution in [0.25, 0.3) is 27.9 Å². The van der Waals surface area contributed by atoms with E-state index in [0.29, 0.717) is 29.3 Å². The predicted molar refractivity (Wildman–Crippen MR) is 166 cm³/mol. The van der Waals surface area contributed by atoms with Gasteiger partial charge in [0, 0.05) is 49.2 Å². The summed E-state index contributed by atoms with van der Waals surface area (Å²) in [5, 5.41) is 29.6. The van der Waals surface area contributed by atoms with Crippen LogP contribution in [0, 0.1) is 34.7 Å². The zero-order valence-corrected chi connectivity index (χ0v) is 25.6. The molecule has 4 atom stereocenters.